The van der Waals surface area contributed by atoms with Crippen LogP contribution in [0.15, 0.2) is 14.4 Å². The maximum Gasteiger partial charge on any atom is 0.340 e. The van der Waals surface area contributed by atoms with Gasteiger partial charge in [-0.1, -0.05) is 0 Å². The Hall–Kier alpha value is -1.67. The zero-order valence-electron chi connectivity index (χ0n) is 9.30. The molecule has 8 nitrogen and oxygen atoms in total. The van der Waals surface area contributed by atoms with Gasteiger partial charge in [0.15, 0.2) is 0 Å². The fourth-order valence-electron chi connectivity index (χ4n) is 1.23. The van der Waals surface area contributed by atoms with Gasteiger partial charge in [0.25, 0.3) is 0 Å². The van der Waals surface area contributed by atoms with Crippen molar-refractivity contribution >= 4 is 0 Å². The highest BCUT2D eigenvalue weighted by Crippen LogP contribution is 1.75. The molecule has 1 aromatic heterocycles. The lowest BCUT2D eigenvalue weighted by Crippen LogP contribution is -2.54. The van der Waals surface area contributed by atoms with Crippen LogP contribution in [0.2, 0.25) is 0 Å². The van der Waals surface area contributed by atoms with E-state index in [1.807, 2.05) is 0 Å². The van der Waals surface area contributed by atoms with Crippen LogP contribution in [-0.4, -0.2) is 27.9 Å². The molecule has 90 valence electrons. The van der Waals surface area contributed by atoms with Gasteiger partial charge in [0, 0.05) is 21.3 Å². The number of ether oxygens (including phenoxy) is 2. The number of nitrogens with zero attached hydrogens (tertiary/aromatic N) is 3. The van der Waals surface area contributed by atoms with Gasteiger partial charge in [-0.2, -0.15) is 0 Å². The molecular formula is C8H13N3O5. The van der Waals surface area contributed by atoms with Gasteiger partial charge in [0.1, 0.15) is 13.5 Å². The third-order valence-electron chi connectivity index (χ3n) is 2.01. The Morgan fingerprint density at radius 1 is 0.875 bits per heavy atom. The van der Waals surface area contributed by atoms with Crippen LogP contribution in [0, 0.1) is 0 Å². The Morgan fingerprint density at radius 2 is 1.25 bits per heavy atom. The summed E-state index contributed by atoms with van der Waals surface area (Å²) in [6, 6.07) is 0. The molecule has 0 saturated heterocycles. The van der Waals surface area contributed by atoms with E-state index in [1.54, 1.807) is 0 Å². The quantitative estimate of drug-likeness (QED) is 0.593. The van der Waals surface area contributed by atoms with Gasteiger partial charge in [-0.25, -0.2) is 28.1 Å². The van der Waals surface area contributed by atoms with E-state index in [9.17, 15) is 14.4 Å². The zero-order valence-corrected chi connectivity index (χ0v) is 9.30. The third kappa shape index (κ3) is 1.97. The molecule has 0 N–H and O–H groups in total. The van der Waals surface area contributed by atoms with E-state index in [0.717, 1.165) is 13.7 Å². The molecule has 1 rings (SSSR count). The van der Waals surface area contributed by atoms with Crippen LogP contribution >= 0.6 is 0 Å². The van der Waals surface area contributed by atoms with Crippen LogP contribution in [0.25, 0.3) is 0 Å². The third-order valence-corrected chi connectivity index (χ3v) is 2.01. The first-order valence-corrected chi connectivity index (χ1v) is 4.43. The van der Waals surface area contributed by atoms with Crippen molar-refractivity contribution in [3.05, 3.63) is 31.5 Å². The average Bonchev–Trinajstić information content (AvgIpc) is 2.28. The van der Waals surface area contributed by atoms with Gasteiger partial charge >= 0.3 is 17.1 Å². The molecule has 0 aliphatic heterocycles. The number of rotatable bonds is 4. The highest BCUT2D eigenvalue weighted by Gasteiger charge is 2.12. The molecule has 1 aromatic rings. The van der Waals surface area contributed by atoms with Crippen LogP contribution in [-0.2, 0) is 30.0 Å². The smallest absolute Gasteiger partial charge is 0.340 e. The Morgan fingerprint density at radius 3 is 1.56 bits per heavy atom. The molecule has 0 amide bonds. The zero-order chi connectivity index (χ0) is 12.3. The molecule has 0 fully saturated rings. The summed E-state index contributed by atoms with van der Waals surface area (Å²) < 4.78 is 11.9. The minimum Gasteiger partial charge on any atom is -0.364 e. The molecule has 0 aliphatic rings. The van der Waals surface area contributed by atoms with Gasteiger partial charge in [0.05, 0.1) is 0 Å². The molecule has 0 saturated carbocycles. The summed E-state index contributed by atoms with van der Waals surface area (Å²) in [5, 5.41) is 0. The van der Waals surface area contributed by atoms with Crippen molar-refractivity contribution in [1.82, 2.24) is 13.7 Å². The molecule has 0 aliphatic carbocycles. The standard InChI is InChI=1S/C8H13N3O5/c1-9-6(12)10(4-15-2)8(14)11(5-16-3)7(9)13/h4-5H2,1-3H3. The second-order valence-corrected chi connectivity index (χ2v) is 3.10. The van der Waals surface area contributed by atoms with Crippen molar-refractivity contribution in [2.24, 2.45) is 7.05 Å². The van der Waals surface area contributed by atoms with E-state index in [2.05, 4.69) is 0 Å². The Labute approximate surface area is 90.3 Å². The summed E-state index contributed by atoms with van der Waals surface area (Å²) in [6.07, 6.45) is 0. The first-order valence-electron chi connectivity index (χ1n) is 4.43. The minimum atomic E-state index is -0.753. The molecule has 0 radical (unpaired) electrons. The topological polar surface area (TPSA) is 84.5 Å². The highest BCUT2D eigenvalue weighted by molar-refractivity contribution is 4.75. The van der Waals surface area contributed by atoms with Crippen LogP contribution in [0.5, 0.6) is 0 Å². The van der Waals surface area contributed by atoms with Crippen molar-refractivity contribution in [2.75, 3.05) is 14.2 Å². The van der Waals surface area contributed by atoms with E-state index in [1.165, 1.54) is 21.3 Å². The summed E-state index contributed by atoms with van der Waals surface area (Å²) in [5.74, 6) is 0. The fourth-order valence-corrected chi connectivity index (χ4v) is 1.23. The van der Waals surface area contributed by atoms with Crippen molar-refractivity contribution in [3.8, 4) is 0 Å². The molecule has 0 aromatic carbocycles. The van der Waals surface area contributed by atoms with Crippen LogP contribution in [0.3, 0.4) is 0 Å². The monoisotopic (exact) mass is 231 g/mol. The van der Waals surface area contributed by atoms with E-state index < -0.39 is 17.1 Å². The molecular weight excluding hydrogens is 218 g/mol. The molecule has 0 atom stereocenters. The number of hydrogen-bond acceptors (Lipinski definition) is 5. The predicted octanol–water partition coefficient (Wildman–Crippen LogP) is -2.08. The van der Waals surface area contributed by atoms with Gasteiger partial charge in [-0.05, 0) is 0 Å². The highest BCUT2D eigenvalue weighted by atomic mass is 16.5. The van der Waals surface area contributed by atoms with Gasteiger partial charge < -0.3 is 9.47 Å². The summed E-state index contributed by atoms with van der Waals surface area (Å²) in [6.45, 7) is -0.426. The van der Waals surface area contributed by atoms with E-state index in [0.29, 0.717) is 0 Å². The van der Waals surface area contributed by atoms with Gasteiger partial charge in [-0.3, -0.25) is 0 Å². The minimum absolute atomic E-state index is 0.213. The Kier molecular flexibility index (Phi) is 3.80. The van der Waals surface area contributed by atoms with Crippen molar-refractivity contribution in [2.45, 2.75) is 13.5 Å². The van der Waals surface area contributed by atoms with Crippen LogP contribution in [0.4, 0.5) is 0 Å². The molecule has 0 unspecified atom stereocenters. The van der Waals surface area contributed by atoms with Crippen LogP contribution < -0.4 is 17.1 Å². The maximum absolute atomic E-state index is 11.7. The van der Waals surface area contributed by atoms with E-state index in [-0.39, 0.29) is 13.5 Å². The lowest BCUT2D eigenvalue weighted by Gasteiger charge is -2.09. The van der Waals surface area contributed by atoms with E-state index >= 15 is 0 Å². The van der Waals surface area contributed by atoms with E-state index in [4.69, 9.17) is 9.47 Å². The summed E-state index contributed by atoms with van der Waals surface area (Å²) in [4.78, 5) is 34.8. The summed E-state index contributed by atoms with van der Waals surface area (Å²) in [7, 11) is 3.97. The van der Waals surface area contributed by atoms with Crippen LogP contribution in [0.1, 0.15) is 0 Å². The van der Waals surface area contributed by atoms with Crippen molar-refractivity contribution < 1.29 is 9.47 Å². The second-order valence-electron chi connectivity index (χ2n) is 3.10. The molecule has 0 spiro atoms. The molecule has 0 bridgehead atoms. The van der Waals surface area contributed by atoms with Crippen molar-refractivity contribution in [3.63, 3.8) is 0 Å². The molecule has 16 heavy (non-hydrogen) atoms. The molecule has 8 heteroatoms. The SMILES string of the molecule is COCn1c(=O)n(C)c(=O)n(COC)c1=O. The van der Waals surface area contributed by atoms with Gasteiger partial charge in [-0.15, -0.1) is 0 Å². The lowest BCUT2D eigenvalue weighted by atomic mass is 10.8. The molecule has 1 heterocycles. The summed E-state index contributed by atoms with van der Waals surface area (Å²) in [5.41, 5.74) is -2.19. The number of methoxy groups -OCH3 is 2. The largest absolute Gasteiger partial charge is 0.364 e. The lowest BCUT2D eigenvalue weighted by molar-refractivity contribution is 0.0974. The predicted molar refractivity (Wildman–Crippen MR) is 54.2 cm³/mol. The average molecular weight is 231 g/mol. The maximum atomic E-state index is 11.7. The Balaban J connectivity index is 3.59. The Bertz CT molecular complexity index is 494. The normalized spacial score (nSPS) is 10.7. The first-order chi connectivity index (χ1) is 7.54. The van der Waals surface area contributed by atoms with Crippen molar-refractivity contribution in [1.29, 1.82) is 0 Å². The second kappa shape index (κ2) is 4.90. The first kappa shape index (κ1) is 12.4. The summed E-state index contributed by atoms with van der Waals surface area (Å²) >= 11 is 0. The van der Waals surface area contributed by atoms with Gasteiger partial charge in [0.2, 0.25) is 0 Å². The fraction of sp³-hybridized carbons (Fsp3) is 0.625. The number of aromatic nitrogens is 3. The number of hydrogen-bond donors (Lipinski definition) is 0.